The van der Waals surface area contributed by atoms with Crippen LogP contribution in [-0.4, -0.2) is 29.9 Å². The van der Waals surface area contributed by atoms with E-state index in [4.69, 9.17) is 15.3 Å². The minimum absolute atomic E-state index is 0. The summed E-state index contributed by atoms with van der Waals surface area (Å²) in [7, 11) is 0.750. The van der Waals surface area contributed by atoms with Crippen LogP contribution in [0.1, 0.15) is 27.7 Å². The maximum absolute atomic E-state index is 8.93. The van der Waals surface area contributed by atoms with Gasteiger partial charge in [-0.3, -0.25) is 0 Å². The van der Waals surface area contributed by atoms with Gasteiger partial charge in [0.25, 0.3) is 0 Å². The van der Waals surface area contributed by atoms with Crippen molar-refractivity contribution in [3.63, 3.8) is 0 Å². The van der Waals surface area contributed by atoms with Gasteiger partial charge in [0.1, 0.15) is 0 Å². The zero-order chi connectivity index (χ0) is 9.21. The fourth-order valence-corrected chi connectivity index (χ4v) is 0. The van der Waals surface area contributed by atoms with Crippen molar-refractivity contribution in [2.24, 2.45) is 0 Å². The number of hydrogen-bond donors (Lipinski definition) is 1. The van der Waals surface area contributed by atoms with E-state index in [2.05, 4.69) is 0 Å². The fourth-order valence-electron chi connectivity index (χ4n) is 0. The maximum atomic E-state index is 8.93. The average Bonchev–Trinajstić information content (AvgIpc) is 1.68. The van der Waals surface area contributed by atoms with Crippen LogP contribution < -0.4 is 121 Å². The van der Waals surface area contributed by atoms with Crippen LogP contribution in [0, 0.1) is 0 Å². The monoisotopic (exact) mass is 252 g/mol. The van der Waals surface area contributed by atoms with Crippen molar-refractivity contribution >= 4 is 0 Å². The molecule has 0 aliphatic carbocycles. The zero-order valence-electron chi connectivity index (χ0n) is 10.9. The molecule has 0 heterocycles. The van der Waals surface area contributed by atoms with Gasteiger partial charge in [-0.2, -0.15) is 7.11 Å². The second kappa shape index (κ2) is 36.0. The van der Waals surface area contributed by atoms with Gasteiger partial charge in [-0.25, -0.2) is 0 Å². The Morgan fingerprint density at radius 1 is 1.07 bits per heavy atom. The average molecular weight is 252 g/mol. The van der Waals surface area contributed by atoms with Gasteiger partial charge < -0.3 is 20.8 Å². The summed E-state index contributed by atoms with van der Waals surface area (Å²) in [5.41, 5.74) is -0.500. The molecule has 4 nitrogen and oxygen atoms in total. The molecule has 0 unspecified atom stereocenters. The van der Waals surface area contributed by atoms with E-state index in [0.29, 0.717) is 0 Å². The zero-order valence-corrected chi connectivity index (χ0v) is 18.0. The molecule has 14 heavy (non-hydrogen) atoms. The molecule has 7 heteroatoms. The Bertz CT molecular complexity index is 47.4. The molecule has 74 valence electrons. The molecule has 0 spiro atoms. The van der Waals surface area contributed by atoms with Gasteiger partial charge in [-0.15, -0.1) is 6.61 Å². The molecule has 0 aromatic rings. The Morgan fingerprint density at radius 2 is 1.07 bits per heavy atom. The van der Waals surface area contributed by atoms with E-state index < -0.39 is 5.60 Å². The largest absolute Gasteiger partial charge is 1.00 e. The van der Waals surface area contributed by atoms with Crippen molar-refractivity contribution < 1.29 is 131 Å². The molecule has 0 amide bonds. The minimum Gasteiger partial charge on any atom is -0.870 e. The molecule has 0 aliphatic heterocycles. The second-order valence-corrected chi connectivity index (χ2v) is 2.46. The molecule has 0 aromatic carbocycles. The number of hydrogen-bond acceptors (Lipinski definition) is 4. The molecule has 0 saturated heterocycles. The summed E-state index contributed by atoms with van der Waals surface area (Å²) in [5, 5.41) is 25.7. The quantitative estimate of drug-likeness (QED) is 0.433. The summed E-state index contributed by atoms with van der Waals surface area (Å²) in [6.45, 7) is 6.80. The Balaban J connectivity index is -0.00000000993. The third-order valence-electron chi connectivity index (χ3n) is 0. The normalized spacial score (nSPS) is 6.00. The molecule has 0 saturated carbocycles. The summed E-state index contributed by atoms with van der Waals surface area (Å²) >= 11 is 0. The Hall–Kier alpha value is 3.48. The van der Waals surface area contributed by atoms with E-state index in [1.807, 2.05) is 0 Å². The van der Waals surface area contributed by atoms with Crippen LogP contribution in [-0.2, 0) is 0 Å². The van der Waals surface area contributed by atoms with Crippen molar-refractivity contribution in [2.75, 3.05) is 13.7 Å². The molecule has 0 atom stereocenters. The van der Waals surface area contributed by atoms with Crippen LogP contribution >= 0.6 is 0 Å². The Kier molecular flexibility index (Phi) is 111. The molecule has 0 fully saturated rings. The predicted molar refractivity (Wildman–Crippen MR) is 40.4 cm³/mol. The van der Waals surface area contributed by atoms with Crippen LogP contribution in [0.4, 0.5) is 0 Å². The van der Waals surface area contributed by atoms with Crippen LogP contribution in [0.2, 0.25) is 0 Å². The molecule has 0 aliphatic rings. The summed E-state index contributed by atoms with van der Waals surface area (Å²) in [5.74, 6) is 0. The molecular weight excluding hydrogens is 233 g/mol. The van der Waals surface area contributed by atoms with Crippen LogP contribution in [0.25, 0.3) is 0 Å². The van der Waals surface area contributed by atoms with Gasteiger partial charge in [-0.05, 0) is 20.8 Å². The predicted octanol–water partition coefficient (Wildman–Crippen LogP) is -10.0. The van der Waals surface area contributed by atoms with Gasteiger partial charge in [0.2, 0.25) is 0 Å². The van der Waals surface area contributed by atoms with Crippen molar-refractivity contribution in [1.82, 2.24) is 0 Å². The van der Waals surface area contributed by atoms with E-state index in [1.54, 1.807) is 27.7 Å². The van der Waals surface area contributed by atoms with Crippen LogP contribution in [0.15, 0.2) is 0 Å². The fraction of sp³-hybridized carbons (Fsp3) is 1.00. The second-order valence-electron chi connectivity index (χ2n) is 2.46. The Morgan fingerprint density at radius 3 is 1.07 bits per heavy atom. The first kappa shape index (κ1) is 43.2. The SMILES string of the molecule is CC(C)(C)O.CC[O-].C[O-].[K+].[Na+].[Na+].[OH-]. The summed E-state index contributed by atoms with van der Waals surface area (Å²) < 4.78 is 0. The van der Waals surface area contributed by atoms with E-state index in [-0.39, 0.29) is 123 Å². The van der Waals surface area contributed by atoms with Gasteiger partial charge in [0, 0.05) is 0 Å². The van der Waals surface area contributed by atoms with E-state index >= 15 is 0 Å². The first-order valence-corrected chi connectivity index (χ1v) is 3.13. The van der Waals surface area contributed by atoms with Gasteiger partial charge in [0.15, 0.2) is 0 Å². The summed E-state index contributed by atoms with van der Waals surface area (Å²) in [6, 6.07) is 0. The van der Waals surface area contributed by atoms with Crippen molar-refractivity contribution in [3.05, 3.63) is 0 Å². The molecule has 0 rings (SSSR count). The minimum atomic E-state index is -0.500. The topological polar surface area (TPSA) is 96.3 Å². The van der Waals surface area contributed by atoms with Crippen LogP contribution in [0.3, 0.4) is 0 Å². The number of rotatable bonds is 0. The van der Waals surface area contributed by atoms with E-state index in [9.17, 15) is 0 Å². The maximum Gasteiger partial charge on any atom is 1.00 e. The van der Waals surface area contributed by atoms with Crippen molar-refractivity contribution in [3.8, 4) is 0 Å². The van der Waals surface area contributed by atoms with E-state index in [1.165, 1.54) is 0 Å². The summed E-state index contributed by atoms with van der Waals surface area (Å²) in [4.78, 5) is 0. The van der Waals surface area contributed by atoms with E-state index in [0.717, 1.165) is 7.11 Å². The molecular formula is C7H19KNa2O4. The van der Waals surface area contributed by atoms with Crippen LogP contribution in [0.5, 0.6) is 0 Å². The van der Waals surface area contributed by atoms with Gasteiger partial charge in [-0.1, -0.05) is 6.92 Å². The van der Waals surface area contributed by atoms with Crippen molar-refractivity contribution in [2.45, 2.75) is 33.3 Å². The summed E-state index contributed by atoms with van der Waals surface area (Å²) in [6.07, 6.45) is 0. The standard InChI is InChI=1S/C4H10O.C2H5O.CH3O.K.2Na.H2O/c1-4(2,3)5;1-2-3;1-2;;;;/h5H,1-3H3;2H2,1H3;1H3;;;;1H2/q;2*-1;3*+1;/p-1. The molecule has 2 N–H and O–H groups in total. The molecule has 0 aromatic heterocycles. The smallest absolute Gasteiger partial charge is 0.870 e. The third-order valence-corrected chi connectivity index (χ3v) is 0. The third kappa shape index (κ3) is 268. The van der Waals surface area contributed by atoms with Gasteiger partial charge in [0.05, 0.1) is 5.60 Å². The molecule has 0 bridgehead atoms. The molecule has 0 radical (unpaired) electrons. The first-order chi connectivity index (χ1) is 4.41. The number of aliphatic hydroxyl groups is 1. The Labute approximate surface area is 175 Å². The van der Waals surface area contributed by atoms with Gasteiger partial charge >= 0.3 is 110 Å². The first-order valence-electron chi connectivity index (χ1n) is 3.13. The van der Waals surface area contributed by atoms with Crippen molar-refractivity contribution in [1.29, 1.82) is 0 Å².